The van der Waals surface area contributed by atoms with Gasteiger partial charge in [-0.25, -0.2) is 4.79 Å². The van der Waals surface area contributed by atoms with Crippen LogP contribution in [0.4, 0.5) is 4.79 Å². The Balaban J connectivity index is 1.48. The van der Waals surface area contributed by atoms with E-state index >= 15 is 0 Å². The summed E-state index contributed by atoms with van der Waals surface area (Å²) in [7, 11) is 0. The molecule has 1 amide bonds. The first-order valence-corrected chi connectivity index (χ1v) is 9.63. The minimum Gasteiger partial charge on any atom is -0.481 e. The number of ether oxygens (including phenoxy) is 1. The fraction of sp³-hybridized carbons (Fsp3) is 0.842. The number of nitrogens with zero attached hydrogens (tertiary/aromatic N) is 2. The quantitative estimate of drug-likeness (QED) is 0.809. The number of carboxylic acids is 1. The molecule has 0 aromatic heterocycles. The first kappa shape index (κ1) is 19.0. The highest BCUT2D eigenvalue weighted by atomic mass is 16.7. The molecule has 0 bridgehead atoms. The molecule has 1 saturated heterocycles. The van der Waals surface area contributed by atoms with E-state index in [1.807, 2.05) is 20.8 Å². The zero-order valence-electron chi connectivity index (χ0n) is 16.0. The predicted octanol–water partition coefficient (Wildman–Crippen LogP) is 3.42. The number of hydrogen-bond donors (Lipinski definition) is 1. The first-order valence-electron chi connectivity index (χ1n) is 9.63. The highest BCUT2D eigenvalue weighted by Crippen LogP contribution is 2.40. The molecular formula is C19H30N2O5. The summed E-state index contributed by atoms with van der Waals surface area (Å²) in [6.45, 7) is 6.84. The molecule has 1 spiro atoms. The van der Waals surface area contributed by atoms with Crippen LogP contribution in [0.15, 0.2) is 5.16 Å². The molecule has 3 aliphatic rings. The molecule has 7 nitrogen and oxygen atoms in total. The van der Waals surface area contributed by atoms with Gasteiger partial charge in [-0.2, -0.15) is 0 Å². The van der Waals surface area contributed by atoms with Crippen molar-refractivity contribution in [3.8, 4) is 0 Å². The Kier molecular flexibility index (Phi) is 5.17. The topological polar surface area (TPSA) is 88.4 Å². The minimum absolute atomic E-state index is 0.208. The number of oxime groups is 1. The maximum Gasteiger partial charge on any atom is 0.410 e. The van der Waals surface area contributed by atoms with E-state index in [9.17, 15) is 9.59 Å². The van der Waals surface area contributed by atoms with Crippen LogP contribution in [0.1, 0.15) is 65.7 Å². The van der Waals surface area contributed by atoms with Crippen LogP contribution in [0, 0.1) is 11.8 Å². The van der Waals surface area contributed by atoms with Crippen molar-refractivity contribution in [2.75, 3.05) is 13.1 Å². The summed E-state index contributed by atoms with van der Waals surface area (Å²) in [5.41, 5.74) is 0.304. The fourth-order valence-electron chi connectivity index (χ4n) is 4.13. The van der Waals surface area contributed by atoms with Crippen LogP contribution in [-0.4, -0.2) is 52.1 Å². The summed E-state index contributed by atoms with van der Waals surface area (Å²) in [4.78, 5) is 30.9. The largest absolute Gasteiger partial charge is 0.481 e. The molecule has 146 valence electrons. The SMILES string of the molecule is CC(C)(C)OC(=O)N1CCC2(CC1)CC([C@H]1CC[C@H](C(=O)O)CC1)=NO2. The second-order valence-electron chi connectivity index (χ2n) is 8.89. The Morgan fingerprint density at radius 1 is 1.19 bits per heavy atom. The summed E-state index contributed by atoms with van der Waals surface area (Å²) >= 11 is 0. The number of carboxylic acid groups (broad SMARTS) is 1. The normalized spacial score (nSPS) is 28.4. The number of piperidine rings is 1. The fourth-order valence-corrected chi connectivity index (χ4v) is 4.13. The minimum atomic E-state index is -0.681. The van der Waals surface area contributed by atoms with E-state index in [2.05, 4.69) is 5.16 Å². The lowest BCUT2D eigenvalue weighted by Crippen LogP contribution is -2.48. The van der Waals surface area contributed by atoms with Crippen molar-refractivity contribution in [2.24, 2.45) is 17.0 Å². The van der Waals surface area contributed by atoms with Gasteiger partial charge in [-0.3, -0.25) is 4.79 Å². The van der Waals surface area contributed by atoms with Gasteiger partial charge in [0.05, 0.1) is 11.6 Å². The summed E-state index contributed by atoms with van der Waals surface area (Å²) in [6, 6.07) is 0. The van der Waals surface area contributed by atoms with Crippen molar-refractivity contribution in [2.45, 2.75) is 76.9 Å². The van der Waals surface area contributed by atoms with Gasteiger partial charge in [0.2, 0.25) is 0 Å². The van der Waals surface area contributed by atoms with Crippen molar-refractivity contribution in [1.82, 2.24) is 4.90 Å². The molecule has 0 atom stereocenters. The Hall–Kier alpha value is -1.79. The maximum absolute atomic E-state index is 12.2. The highest BCUT2D eigenvalue weighted by molar-refractivity contribution is 5.88. The lowest BCUT2D eigenvalue weighted by Gasteiger charge is -2.38. The molecule has 26 heavy (non-hydrogen) atoms. The molecule has 7 heteroatoms. The number of aliphatic carboxylic acids is 1. The number of carbonyl (C=O) groups is 2. The van der Waals surface area contributed by atoms with Gasteiger partial charge in [0.15, 0.2) is 0 Å². The summed E-state index contributed by atoms with van der Waals surface area (Å²) < 4.78 is 5.44. The molecule has 2 fully saturated rings. The molecule has 2 heterocycles. The zero-order chi connectivity index (χ0) is 18.9. The van der Waals surface area contributed by atoms with Gasteiger partial charge < -0.3 is 19.6 Å². The molecule has 0 unspecified atom stereocenters. The van der Waals surface area contributed by atoms with E-state index in [0.29, 0.717) is 19.0 Å². The van der Waals surface area contributed by atoms with Gasteiger partial charge >= 0.3 is 12.1 Å². The van der Waals surface area contributed by atoms with Crippen molar-refractivity contribution >= 4 is 17.8 Å². The second kappa shape index (κ2) is 7.08. The van der Waals surface area contributed by atoms with Gasteiger partial charge in [0.1, 0.15) is 11.2 Å². The molecule has 2 aliphatic heterocycles. The summed E-state index contributed by atoms with van der Waals surface area (Å²) in [5.74, 6) is -0.548. The van der Waals surface area contributed by atoms with Crippen molar-refractivity contribution in [3.05, 3.63) is 0 Å². The Morgan fingerprint density at radius 2 is 1.81 bits per heavy atom. The van der Waals surface area contributed by atoms with Gasteiger partial charge in [-0.1, -0.05) is 5.16 Å². The summed E-state index contributed by atoms with van der Waals surface area (Å²) in [5, 5.41) is 13.5. The van der Waals surface area contributed by atoms with Crippen LogP contribution in [-0.2, 0) is 14.4 Å². The standard InChI is InChI=1S/C19H30N2O5/c1-18(2,3)25-17(24)21-10-8-19(9-11-21)12-15(20-26-19)13-4-6-14(7-5-13)16(22)23/h13-14H,4-12H2,1-3H3,(H,22,23)/t13-,14-. The molecule has 1 N–H and O–H groups in total. The first-order chi connectivity index (χ1) is 12.2. The number of carbonyl (C=O) groups excluding carboxylic acids is 1. The van der Waals surface area contributed by atoms with Crippen LogP contribution < -0.4 is 0 Å². The van der Waals surface area contributed by atoms with E-state index in [1.54, 1.807) is 4.90 Å². The van der Waals surface area contributed by atoms with Crippen molar-refractivity contribution in [1.29, 1.82) is 0 Å². The molecule has 0 aromatic carbocycles. The van der Waals surface area contributed by atoms with Crippen LogP contribution >= 0.6 is 0 Å². The number of rotatable bonds is 2. The Morgan fingerprint density at radius 3 is 2.35 bits per heavy atom. The third-order valence-corrected chi connectivity index (χ3v) is 5.73. The van der Waals surface area contributed by atoms with Gasteiger partial charge in [-0.15, -0.1) is 0 Å². The molecule has 3 rings (SSSR count). The van der Waals surface area contributed by atoms with E-state index in [4.69, 9.17) is 14.7 Å². The number of hydrogen-bond acceptors (Lipinski definition) is 5. The highest BCUT2D eigenvalue weighted by Gasteiger charge is 2.45. The Bertz CT molecular complexity index is 579. The third-order valence-electron chi connectivity index (χ3n) is 5.73. The van der Waals surface area contributed by atoms with Gasteiger partial charge in [0.25, 0.3) is 0 Å². The predicted molar refractivity (Wildman–Crippen MR) is 96.0 cm³/mol. The van der Waals surface area contributed by atoms with E-state index in [1.165, 1.54) is 0 Å². The van der Waals surface area contributed by atoms with E-state index in [0.717, 1.165) is 50.7 Å². The number of likely N-dealkylation sites (tertiary alicyclic amines) is 1. The average molecular weight is 366 g/mol. The molecule has 1 saturated carbocycles. The zero-order valence-corrected chi connectivity index (χ0v) is 16.0. The van der Waals surface area contributed by atoms with Crippen molar-refractivity contribution in [3.63, 3.8) is 0 Å². The summed E-state index contributed by atoms with van der Waals surface area (Å²) in [6.07, 6.45) is 5.24. The molecule has 0 aromatic rings. The van der Waals surface area contributed by atoms with Gasteiger partial charge in [0, 0.05) is 38.3 Å². The smallest absolute Gasteiger partial charge is 0.410 e. The average Bonchev–Trinajstić information content (AvgIpc) is 2.98. The van der Waals surface area contributed by atoms with Crippen LogP contribution in [0.2, 0.25) is 0 Å². The van der Waals surface area contributed by atoms with Crippen LogP contribution in [0.25, 0.3) is 0 Å². The molecular weight excluding hydrogens is 336 g/mol. The van der Waals surface area contributed by atoms with E-state index in [-0.39, 0.29) is 17.6 Å². The van der Waals surface area contributed by atoms with Crippen LogP contribution in [0.3, 0.4) is 0 Å². The lowest BCUT2D eigenvalue weighted by atomic mass is 9.76. The molecule has 1 aliphatic carbocycles. The number of amides is 1. The Labute approximate surface area is 154 Å². The van der Waals surface area contributed by atoms with Gasteiger partial charge in [-0.05, 0) is 46.5 Å². The third kappa shape index (κ3) is 4.30. The van der Waals surface area contributed by atoms with E-state index < -0.39 is 11.6 Å². The second-order valence-corrected chi connectivity index (χ2v) is 8.89. The van der Waals surface area contributed by atoms with Crippen molar-refractivity contribution < 1.29 is 24.3 Å². The maximum atomic E-state index is 12.2. The van der Waals surface area contributed by atoms with Crippen LogP contribution in [0.5, 0.6) is 0 Å². The monoisotopic (exact) mass is 366 g/mol. The lowest BCUT2D eigenvalue weighted by molar-refractivity contribution is -0.142. The molecule has 0 radical (unpaired) electrons.